The van der Waals surface area contributed by atoms with Gasteiger partial charge in [-0.05, 0) is 47.0 Å². The summed E-state index contributed by atoms with van der Waals surface area (Å²) >= 11 is 0. The molecular formula is C18H36N2O4. The van der Waals surface area contributed by atoms with Crippen LogP contribution in [0.5, 0.6) is 0 Å². The lowest BCUT2D eigenvalue weighted by molar-refractivity contribution is -0.0162. The van der Waals surface area contributed by atoms with Crippen molar-refractivity contribution in [3.63, 3.8) is 0 Å². The van der Waals surface area contributed by atoms with Gasteiger partial charge < -0.3 is 24.4 Å². The van der Waals surface area contributed by atoms with Gasteiger partial charge in [0.2, 0.25) is 0 Å². The Labute approximate surface area is 147 Å². The van der Waals surface area contributed by atoms with E-state index in [1.54, 1.807) is 14.2 Å². The van der Waals surface area contributed by atoms with E-state index in [0.717, 1.165) is 39.0 Å². The Kier molecular flexibility index (Phi) is 8.46. The van der Waals surface area contributed by atoms with Crippen molar-refractivity contribution in [2.45, 2.75) is 58.6 Å². The van der Waals surface area contributed by atoms with Crippen LogP contribution in [0.2, 0.25) is 0 Å². The number of carbonyl (C=O) groups is 1. The zero-order valence-corrected chi connectivity index (χ0v) is 16.3. The minimum absolute atomic E-state index is 0.0642. The lowest BCUT2D eigenvalue weighted by atomic mass is 9.80. The first kappa shape index (κ1) is 21.2. The fourth-order valence-corrected chi connectivity index (χ4v) is 3.10. The second-order valence-electron chi connectivity index (χ2n) is 8.00. The van der Waals surface area contributed by atoms with E-state index in [9.17, 15) is 4.79 Å². The molecule has 2 unspecified atom stereocenters. The van der Waals surface area contributed by atoms with Crippen molar-refractivity contribution in [3.8, 4) is 0 Å². The van der Waals surface area contributed by atoms with Crippen LogP contribution >= 0.6 is 0 Å². The van der Waals surface area contributed by atoms with Crippen molar-refractivity contribution in [1.29, 1.82) is 0 Å². The summed E-state index contributed by atoms with van der Waals surface area (Å²) < 4.78 is 16.2. The number of likely N-dealkylation sites (tertiary alicyclic amines) is 1. The molecule has 0 aromatic heterocycles. The van der Waals surface area contributed by atoms with E-state index >= 15 is 0 Å². The number of carbonyl (C=O) groups excluding carboxylic acids is 1. The number of rotatable bonds is 8. The monoisotopic (exact) mass is 344 g/mol. The summed E-state index contributed by atoms with van der Waals surface area (Å²) in [6.45, 7) is 11.5. The van der Waals surface area contributed by atoms with E-state index in [1.165, 1.54) is 0 Å². The number of hydrogen-bond donors (Lipinski definition) is 1. The molecule has 0 aromatic rings. The third-order valence-corrected chi connectivity index (χ3v) is 4.34. The van der Waals surface area contributed by atoms with Gasteiger partial charge in [0.25, 0.3) is 0 Å². The molecule has 0 aromatic carbocycles. The first-order chi connectivity index (χ1) is 11.2. The van der Waals surface area contributed by atoms with Crippen molar-refractivity contribution >= 4 is 6.09 Å². The Bertz CT molecular complexity index is 380. The number of amides is 1. The van der Waals surface area contributed by atoms with Gasteiger partial charge in [-0.15, -0.1) is 0 Å². The van der Waals surface area contributed by atoms with Gasteiger partial charge in [-0.1, -0.05) is 0 Å². The molecule has 0 radical (unpaired) electrons. The molecule has 6 heteroatoms. The van der Waals surface area contributed by atoms with Crippen molar-refractivity contribution in [2.75, 3.05) is 47.1 Å². The molecular weight excluding hydrogens is 308 g/mol. The van der Waals surface area contributed by atoms with Crippen LogP contribution in [0.4, 0.5) is 4.79 Å². The highest BCUT2D eigenvalue weighted by Gasteiger charge is 2.38. The van der Waals surface area contributed by atoms with E-state index in [2.05, 4.69) is 12.2 Å². The van der Waals surface area contributed by atoms with Gasteiger partial charge in [0, 0.05) is 51.9 Å². The van der Waals surface area contributed by atoms with Crippen molar-refractivity contribution in [2.24, 2.45) is 5.41 Å². The van der Waals surface area contributed by atoms with Crippen LogP contribution in [0.1, 0.15) is 47.0 Å². The normalized spacial score (nSPS) is 23.2. The predicted octanol–water partition coefficient (Wildman–Crippen LogP) is 2.66. The zero-order chi connectivity index (χ0) is 18.2. The van der Waals surface area contributed by atoms with Crippen molar-refractivity contribution < 1.29 is 19.0 Å². The van der Waals surface area contributed by atoms with Gasteiger partial charge in [0.05, 0.1) is 6.61 Å². The van der Waals surface area contributed by atoms with E-state index in [-0.39, 0.29) is 11.5 Å². The molecule has 0 bridgehead atoms. The van der Waals surface area contributed by atoms with Gasteiger partial charge in [-0.3, -0.25) is 0 Å². The van der Waals surface area contributed by atoms with E-state index in [0.29, 0.717) is 19.2 Å². The molecule has 1 rings (SSSR count). The van der Waals surface area contributed by atoms with Crippen LogP contribution in [-0.4, -0.2) is 69.7 Å². The van der Waals surface area contributed by atoms with Gasteiger partial charge >= 0.3 is 6.09 Å². The minimum atomic E-state index is -0.467. The molecule has 1 amide bonds. The summed E-state index contributed by atoms with van der Waals surface area (Å²) in [5.74, 6) is 0. The maximum atomic E-state index is 12.4. The number of methoxy groups -OCH3 is 2. The average Bonchev–Trinajstić information content (AvgIpc) is 2.50. The van der Waals surface area contributed by atoms with Crippen LogP contribution < -0.4 is 5.32 Å². The molecule has 2 atom stereocenters. The fourth-order valence-electron chi connectivity index (χ4n) is 3.10. The Morgan fingerprint density at radius 3 is 2.58 bits per heavy atom. The van der Waals surface area contributed by atoms with Crippen LogP contribution in [0.15, 0.2) is 0 Å². The lowest BCUT2D eigenvalue weighted by Crippen LogP contribution is -2.54. The molecule has 1 saturated heterocycles. The van der Waals surface area contributed by atoms with Gasteiger partial charge in [0.1, 0.15) is 5.60 Å². The highest BCUT2D eigenvalue weighted by atomic mass is 16.6. The zero-order valence-electron chi connectivity index (χ0n) is 16.3. The maximum Gasteiger partial charge on any atom is 0.410 e. The van der Waals surface area contributed by atoms with Gasteiger partial charge in [-0.2, -0.15) is 0 Å². The summed E-state index contributed by atoms with van der Waals surface area (Å²) in [5, 5.41) is 3.58. The average molecular weight is 344 g/mol. The smallest absolute Gasteiger partial charge is 0.410 e. The van der Waals surface area contributed by atoms with Crippen molar-refractivity contribution in [3.05, 3.63) is 0 Å². The Morgan fingerprint density at radius 2 is 2.00 bits per heavy atom. The maximum absolute atomic E-state index is 12.4. The quantitative estimate of drug-likeness (QED) is 0.733. The second kappa shape index (κ2) is 9.59. The summed E-state index contributed by atoms with van der Waals surface area (Å²) in [5.41, 5.74) is -0.531. The SMILES string of the molecule is COCCC(C)NCC1(COC)CCCN(C(=O)OC(C)(C)C)C1. The highest BCUT2D eigenvalue weighted by Crippen LogP contribution is 2.31. The third-order valence-electron chi connectivity index (χ3n) is 4.34. The first-order valence-electron chi connectivity index (χ1n) is 8.90. The van der Waals surface area contributed by atoms with Crippen molar-refractivity contribution in [1.82, 2.24) is 10.2 Å². The lowest BCUT2D eigenvalue weighted by Gasteiger charge is -2.43. The topological polar surface area (TPSA) is 60.0 Å². The number of piperidine rings is 1. The molecule has 1 aliphatic rings. The molecule has 0 aliphatic carbocycles. The molecule has 24 heavy (non-hydrogen) atoms. The number of ether oxygens (including phenoxy) is 3. The second-order valence-corrected chi connectivity index (χ2v) is 8.00. The predicted molar refractivity (Wildman–Crippen MR) is 95.3 cm³/mol. The molecule has 1 N–H and O–H groups in total. The summed E-state index contributed by atoms with van der Waals surface area (Å²) in [7, 11) is 3.45. The minimum Gasteiger partial charge on any atom is -0.444 e. The molecule has 0 spiro atoms. The fraction of sp³-hybridized carbons (Fsp3) is 0.944. The molecule has 1 aliphatic heterocycles. The third kappa shape index (κ3) is 7.36. The highest BCUT2D eigenvalue weighted by molar-refractivity contribution is 5.68. The molecule has 1 heterocycles. The molecule has 142 valence electrons. The molecule has 1 fully saturated rings. The standard InChI is InChI=1S/C18H36N2O4/c1-15(8-11-22-5)19-12-18(14-23-6)9-7-10-20(13-18)16(21)24-17(2,3)4/h15,19H,7-14H2,1-6H3. The van der Waals surface area contributed by atoms with Crippen LogP contribution in [0, 0.1) is 5.41 Å². The van der Waals surface area contributed by atoms with E-state index in [4.69, 9.17) is 14.2 Å². The van der Waals surface area contributed by atoms with Crippen LogP contribution in [0.3, 0.4) is 0 Å². The Hall–Kier alpha value is -0.850. The Balaban J connectivity index is 2.65. The number of hydrogen-bond acceptors (Lipinski definition) is 5. The number of nitrogens with zero attached hydrogens (tertiary/aromatic N) is 1. The summed E-state index contributed by atoms with van der Waals surface area (Å²) in [4.78, 5) is 14.2. The summed E-state index contributed by atoms with van der Waals surface area (Å²) in [6, 6.07) is 0.371. The molecule has 0 saturated carbocycles. The van der Waals surface area contributed by atoms with Gasteiger partial charge in [0.15, 0.2) is 0 Å². The Morgan fingerprint density at radius 1 is 1.29 bits per heavy atom. The summed E-state index contributed by atoms with van der Waals surface area (Å²) in [6.07, 6.45) is 2.76. The van der Waals surface area contributed by atoms with Crippen LogP contribution in [-0.2, 0) is 14.2 Å². The molecule has 6 nitrogen and oxygen atoms in total. The van der Waals surface area contributed by atoms with E-state index < -0.39 is 5.60 Å². The largest absolute Gasteiger partial charge is 0.444 e. The van der Waals surface area contributed by atoms with Gasteiger partial charge in [-0.25, -0.2) is 4.79 Å². The first-order valence-corrected chi connectivity index (χ1v) is 8.90. The number of nitrogens with one attached hydrogen (secondary N) is 1. The van der Waals surface area contributed by atoms with Crippen LogP contribution in [0.25, 0.3) is 0 Å². The van der Waals surface area contributed by atoms with E-state index in [1.807, 2.05) is 25.7 Å².